The molecule has 0 aliphatic rings. The lowest BCUT2D eigenvalue weighted by Crippen LogP contribution is -2.62. The number of nitrogens with one attached hydrogen (secondary N) is 1. The summed E-state index contributed by atoms with van der Waals surface area (Å²) >= 11 is 0. The van der Waals surface area contributed by atoms with Crippen LogP contribution < -0.4 is 4.72 Å². The van der Waals surface area contributed by atoms with E-state index in [2.05, 4.69) is 9.46 Å². The largest absolute Gasteiger partial charge is 0.461 e. The Morgan fingerprint density at radius 3 is 2.20 bits per heavy atom. The molecule has 2 unspecified atom stereocenters. The van der Waals surface area contributed by atoms with E-state index in [1.165, 1.54) is 26.0 Å². The zero-order valence-electron chi connectivity index (χ0n) is 15.0. The summed E-state index contributed by atoms with van der Waals surface area (Å²) in [4.78, 5) is 12.0. The van der Waals surface area contributed by atoms with Crippen LogP contribution in [0.4, 0.5) is 13.2 Å². The molecular weight excluding hydrogens is 355 g/mol. The number of carbonyl (C=O) groups excluding carboxylic acids is 1. The number of benzene rings is 1. The molecule has 25 heavy (non-hydrogen) atoms. The van der Waals surface area contributed by atoms with Gasteiger partial charge < -0.3 is 4.74 Å². The fourth-order valence-electron chi connectivity index (χ4n) is 2.29. The number of hydrogen-bond donors (Lipinski definition) is 1. The molecule has 1 N–H and O–H groups in total. The van der Waals surface area contributed by atoms with E-state index >= 15 is 8.78 Å². The Morgan fingerprint density at radius 1 is 1.20 bits per heavy atom. The van der Waals surface area contributed by atoms with Crippen molar-refractivity contribution in [1.82, 2.24) is 4.72 Å². The Bertz CT molecular complexity index is 646. The highest BCUT2D eigenvalue weighted by molar-refractivity contribution is 7.84. The maximum absolute atomic E-state index is 15.1. The zero-order chi connectivity index (χ0) is 19.5. The van der Waals surface area contributed by atoms with Gasteiger partial charge in [0, 0.05) is 5.56 Å². The quantitative estimate of drug-likeness (QED) is 0.736. The molecule has 1 aromatic rings. The minimum atomic E-state index is -4.14. The average Bonchev–Trinajstić information content (AvgIpc) is 2.52. The second-order valence-corrected chi connectivity index (χ2v) is 8.48. The number of ether oxygens (including phenoxy) is 1. The van der Waals surface area contributed by atoms with Crippen LogP contribution in [0.2, 0.25) is 0 Å². The van der Waals surface area contributed by atoms with Gasteiger partial charge in [-0.15, -0.1) is 0 Å². The van der Waals surface area contributed by atoms with Crippen molar-refractivity contribution in [2.45, 2.75) is 57.2 Å². The van der Waals surface area contributed by atoms with Crippen molar-refractivity contribution in [2.24, 2.45) is 0 Å². The van der Waals surface area contributed by atoms with Crippen LogP contribution in [0, 0.1) is 5.82 Å². The van der Waals surface area contributed by atoms with Crippen molar-refractivity contribution in [3.05, 3.63) is 35.6 Å². The van der Waals surface area contributed by atoms with Crippen molar-refractivity contribution < 1.29 is 26.9 Å². The standard InChI is InChI=1S/C17H24F3NO3S/c1-6-16(21-25(23)15(3,4)5,12-10-8-9-11-13(12)18)17(19,20)14(22)24-7-2/h8-11,21H,6-7H2,1-5H3. The SMILES string of the molecule is CCOC(=O)C(F)(F)C(CC)(NS(=O)C(C)(C)C)c1ccccc1F. The predicted molar refractivity (Wildman–Crippen MR) is 91.0 cm³/mol. The molecule has 0 saturated carbocycles. The zero-order valence-corrected chi connectivity index (χ0v) is 15.8. The van der Waals surface area contributed by atoms with Crippen LogP contribution in [-0.2, 0) is 26.1 Å². The molecule has 0 heterocycles. The molecule has 8 heteroatoms. The van der Waals surface area contributed by atoms with Gasteiger partial charge in [-0.2, -0.15) is 8.78 Å². The summed E-state index contributed by atoms with van der Waals surface area (Å²) in [6.45, 7) is 7.26. The Labute approximate surface area is 148 Å². The predicted octanol–water partition coefficient (Wildman–Crippen LogP) is 3.68. The molecular formula is C17H24F3NO3S. The molecule has 0 aliphatic carbocycles. The first kappa shape index (κ1) is 21.6. The van der Waals surface area contributed by atoms with E-state index in [4.69, 9.17) is 0 Å². The third-order valence-electron chi connectivity index (χ3n) is 3.75. The maximum Gasteiger partial charge on any atom is 0.379 e. The molecule has 0 amide bonds. The molecule has 1 rings (SSSR count). The molecule has 2 atom stereocenters. The lowest BCUT2D eigenvalue weighted by molar-refractivity contribution is -0.185. The van der Waals surface area contributed by atoms with Gasteiger partial charge in [-0.3, -0.25) is 0 Å². The van der Waals surface area contributed by atoms with Crippen molar-refractivity contribution >= 4 is 17.0 Å². The van der Waals surface area contributed by atoms with Gasteiger partial charge in [0.15, 0.2) is 0 Å². The second-order valence-electron chi connectivity index (χ2n) is 6.52. The van der Waals surface area contributed by atoms with E-state index < -0.39 is 44.5 Å². The lowest BCUT2D eigenvalue weighted by atomic mass is 9.81. The summed E-state index contributed by atoms with van der Waals surface area (Å²) in [6.07, 6.45) is -0.387. The van der Waals surface area contributed by atoms with Crippen LogP contribution in [0.25, 0.3) is 0 Å². The van der Waals surface area contributed by atoms with Crippen molar-refractivity contribution in [3.8, 4) is 0 Å². The fraction of sp³-hybridized carbons (Fsp3) is 0.588. The van der Waals surface area contributed by atoms with Gasteiger partial charge in [-0.05, 0) is 40.2 Å². The van der Waals surface area contributed by atoms with E-state index in [-0.39, 0.29) is 13.0 Å². The first-order valence-corrected chi connectivity index (χ1v) is 9.08. The number of esters is 1. The molecule has 4 nitrogen and oxygen atoms in total. The highest BCUT2D eigenvalue weighted by atomic mass is 32.2. The van der Waals surface area contributed by atoms with Gasteiger partial charge in [-0.1, -0.05) is 25.1 Å². The maximum atomic E-state index is 15.1. The molecule has 0 aliphatic heterocycles. The van der Waals surface area contributed by atoms with Crippen molar-refractivity contribution in [2.75, 3.05) is 6.61 Å². The van der Waals surface area contributed by atoms with Crippen LogP contribution >= 0.6 is 0 Å². The van der Waals surface area contributed by atoms with Gasteiger partial charge in [0.2, 0.25) is 0 Å². The van der Waals surface area contributed by atoms with E-state index in [0.717, 1.165) is 12.1 Å². The summed E-state index contributed by atoms with van der Waals surface area (Å²) in [5.74, 6) is -6.86. The number of rotatable bonds is 7. The summed E-state index contributed by atoms with van der Waals surface area (Å²) in [5.41, 5.74) is -2.95. The molecule has 0 spiro atoms. The Balaban J connectivity index is 3.62. The van der Waals surface area contributed by atoms with Gasteiger partial charge in [0.25, 0.3) is 0 Å². The van der Waals surface area contributed by atoms with Gasteiger partial charge in [0.1, 0.15) is 11.4 Å². The molecule has 0 radical (unpaired) electrons. The van der Waals surface area contributed by atoms with Crippen LogP contribution in [0.5, 0.6) is 0 Å². The molecule has 0 saturated heterocycles. The number of hydrogen-bond acceptors (Lipinski definition) is 3. The molecule has 142 valence electrons. The second kappa shape index (κ2) is 7.86. The van der Waals surface area contributed by atoms with Crippen LogP contribution in [0.15, 0.2) is 24.3 Å². The molecule has 1 aromatic carbocycles. The van der Waals surface area contributed by atoms with Crippen LogP contribution in [-0.4, -0.2) is 27.5 Å². The highest BCUT2D eigenvalue weighted by Gasteiger charge is 2.62. The van der Waals surface area contributed by atoms with E-state index in [0.29, 0.717) is 0 Å². The summed E-state index contributed by atoms with van der Waals surface area (Å²) < 4.78 is 63.0. The van der Waals surface area contributed by atoms with Gasteiger partial charge in [-0.25, -0.2) is 18.1 Å². The minimum Gasteiger partial charge on any atom is -0.461 e. The van der Waals surface area contributed by atoms with E-state index in [1.807, 2.05) is 0 Å². The molecule has 0 bridgehead atoms. The normalized spacial score (nSPS) is 16.2. The number of carbonyl (C=O) groups is 1. The highest BCUT2D eigenvalue weighted by Crippen LogP contribution is 2.43. The average molecular weight is 379 g/mol. The summed E-state index contributed by atoms with van der Waals surface area (Å²) in [7, 11) is -1.99. The van der Waals surface area contributed by atoms with Crippen molar-refractivity contribution in [1.29, 1.82) is 0 Å². The lowest BCUT2D eigenvalue weighted by Gasteiger charge is -2.40. The summed E-state index contributed by atoms with van der Waals surface area (Å²) in [5, 5.41) is 0. The third kappa shape index (κ3) is 4.23. The first-order chi connectivity index (χ1) is 11.4. The van der Waals surface area contributed by atoms with Crippen molar-refractivity contribution in [3.63, 3.8) is 0 Å². The Morgan fingerprint density at radius 2 is 1.76 bits per heavy atom. The number of halogens is 3. The Hall–Kier alpha value is -1.41. The molecule has 0 fully saturated rings. The van der Waals surface area contributed by atoms with Crippen LogP contribution in [0.1, 0.15) is 46.6 Å². The molecule has 0 aromatic heterocycles. The summed E-state index contributed by atoms with van der Waals surface area (Å²) in [6, 6.07) is 4.90. The third-order valence-corrected chi connectivity index (χ3v) is 5.40. The van der Waals surface area contributed by atoms with E-state index in [9.17, 15) is 13.4 Å². The minimum absolute atomic E-state index is 0.256. The monoisotopic (exact) mass is 379 g/mol. The van der Waals surface area contributed by atoms with E-state index in [1.54, 1.807) is 20.8 Å². The Kier molecular flexibility index (Phi) is 6.81. The fourth-order valence-corrected chi connectivity index (χ4v) is 3.29. The topological polar surface area (TPSA) is 55.4 Å². The van der Waals surface area contributed by atoms with Crippen LogP contribution in [0.3, 0.4) is 0 Å². The van der Waals surface area contributed by atoms with Gasteiger partial charge >= 0.3 is 11.9 Å². The number of alkyl halides is 2. The first-order valence-electron chi connectivity index (χ1n) is 7.93. The van der Waals surface area contributed by atoms with Gasteiger partial charge in [0.05, 0.1) is 22.3 Å². The smallest absolute Gasteiger partial charge is 0.379 e.